The first-order valence-corrected chi connectivity index (χ1v) is 5.78. The lowest BCUT2D eigenvalue weighted by molar-refractivity contribution is -0.149. The summed E-state index contributed by atoms with van der Waals surface area (Å²) in [5.41, 5.74) is 0.431. The molecule has 1 amide bonds. The quantitative estimate of drug-likeness (QED) is 0.741. The number of hydrogen-bond donors (Lipinski definition) is 2. The van der Waals surface area contributed by atoms with E-state index in [9.17, 15) is 14.7 Å². The molecule has 1 rings (SSSR count). The van der Waals surface area contributed by atoms with Crippen molar-refractivity contribution in [1.82, 2.24) is 4.90 Å². The zero-order valence-corrected chi connectivity index (χ0v) is 10.7. The van der Waals surface area contributed by atoms with E-state index in [0.717, 1.165) is 4.90 Å². The molecule has 0 fully saturated rings. The Morgan fingerprint density at radius 3 is 2.47 bits per heavy atom. The maximum atomic E-state index is 12.0. The van der Waals surface area contributed by atoms with E-state index >= 15 is 0 Å². The van der Waals surface area contributed by atoms with E-state index in [2.05, 4.69) is 0 Å². The Labute approximate surface area is 111 Å². The first-order chi connectivity index (χ1) is 9.06. The van der Waals surface area contributed by atoms with Gasteiger partial charge in [-0.25, -0.2) is 0 Å². The molecule has 104 valence electrons. The van der Waals surface area contributed by atoms with Gasteiger partial charge in [-0.15, -0.1) is 0 Å². The third-order valence-electron chi connectivity index (χ3n) is 2.55. The molecule has 0 saturated heterocycles. The van der Waals surface area contributed by atoms with Gasteiger partial charge < -0.3 is 19.8 Å². The highest BCUT2D eigenvalue weighted by atomic mass is 16.5. The van der Waals surface area contributed by atoms with Crippen molar-refractivity contribution in [2.24, 2.45) is 0 Å². The molecule has 1 unspecified atom stereocenters. The predicted molar refractivity (Wildman–Crippen MR) is 67.5 cm³/mol. The van der Waals surface area contributed by atoms with E-state index in [0.29, 0.717) is 5.56 Å². The van der Waals surface area contributed by atoms with Crippen LogP contribution in [0.2, 0.25) is 0 Å². The van der Waals surface area contributed by atoms with Gasteiger partial charge in [-0.05, 0) is 5.56 Å². The van der Waals surface area contributed by atoms with Gasteiger partial charge in [0.1, 0.15) is 6.54 Å². The van der Waals surface area contributed by atoms with Crippen LogP contribution >= 0.6 is 0 Å². The molecule has 1 atom stereocenters. The van der Waals surface area contributed by atoms with Crippen molar-refractivity contribution in [3.8, 4) is 0 Å². The molecular weight excluding hydrogens is 250 g/mol. The van der Waals surface area contributed by atoms with Crippen molar-refractivity contribution in [2.45, 2.75) is 6.10 Å². The van der Waals surface area contributed by atoms with Crippen LogP contribution in [0.3, 0.4) is 0 Å². The number of amides is 1. The fourth-order valence-electron chi connectivity index (χ4n) is 1.58. The number of methoxy groups -OCH3 is 1. The number of carboxylic acids is 1. The molecule has 0 saturated carbocycles. The second-order valence-corrected chi connectivity index (χ2v) is 3.96. The van der Waals surface area contributed by atoms with Crippen LogP contribution in [0, 0.1) is 0 Å². The van der Waals surface area contributed by atoms with Gasteiger partial charge in [0.15, 0.2) is 6.10 Å². The van der Waals surface area contributed by atoms with Crippen LogP contribution in [-0.4, -0.2) is 53.8 Å². The van der Waals surface area contributed by atoms with Gasteiger partial charge in [-0.3, -0.25) is 9.59 Å². The molecule has 2 N–H and O–H groups in total. The summed E-state index contributed by atoms with van der Waals surface area (Å²) in [6, 6.07) is 8.38. The highest BCUT2D eigenvalue weighted by Gasteiger charge is 2.24. The number of nitrogens with zero attached hydrogens (tertiary/aromatic N) is 1. The first-order valence-electron chi connectivity index (χ1n) is 5.78. The van der Waals surface area contributed by atoms with E-state index in [1.807, 2.05) is 0 Å². The summed E-state index contributed by atoms with van der Waals surface area (Å²) >= 11 is 0. The maximum Gasteiger partial charge on any atom is 0.323 e. The van der Waals surface area contributed by atoms with Gasteiger partial charge in [-0.2, -0.15) is 0 Å². The van der Waals surface area contributed by atoms with Crippen molar-refractivity contribution < 1.29 is 24.5 Å². The minimum Gasteiger partial charge on any atom is -0.480 e. The summed E-state index contributed by atoms with van der Waals surface area (Å²) in [6.45, 7) is -0.141. The highest BCUT2D eigenvalue weighted by molar-refractivity contribution is 5.85. The van der Waals surface area contributed by atoms with Gasteiger partial charge >= 0.3 is 5.97 Å². The molecule has 0 aliphatic rings. The number of aliphatic hydroxyl groups is 1. The second-order valence-electron chi connectivity index (χ2n) is 3.96. The van der Waals surface area contributed by atoms with Crippen molar-refractivity contribution in [2.75, 3.05) is 26.8 Å². The fourth-order valence-corrected chi connectivity index (χ4v) is 1.58. The van der Waals surface area contributed by atoms with Gasteiger partial charge in [0, 0.05) is 13.7 Å². The number of carbonyl (C=O) groups is 2. The average molecular weight is 267 g/mol. The Bertz CT molecular complexity index is 420. The lowest BCUT2D eigenvalue weighted by Crippen LogP contribution is -2.40. The number of carbonyl (C=O) groups excluding carboxylic acids is 1. The summed E-state index contributed by atoms with van der Waals surface area (Å²) in [4.78, 5) is 23.8. The zero-order chi connectivity index (χ0) is 14.3. The zero-order valence-electron chi connectivity index (χ0n) is 10.7. The SMILES string of the molecule is COCCN(CC(=O)O)C(=O)C(O)c1ccccc1. The summed E-state index contributed by atoms with van der Waals surface area (Å²) in [5.74, 6) is -1.78. The Balaban J connectivity index is 2.77. The van der Waals surface area contributed by atoms with Crippen LogP contribution in [0.1, 0.15) is 11.7 Å². The highest BCUT2D eigenvalue weighted by Crippen LogP contribution is 2.15. The van der Waals surface area contributed by atoms with Gasteiger partial charge in [0.25, 0.3) is 5.91 Å². The molecule has 0 spiro atoms. The average Bonchev–Trinajstić information content (AvgIpc) is 2.42. The predicted octanol–water partition coefficient (Wildman–Crippen LogP) is 0.280. The molecular formula is C13H17NO5. The molecule has 1 aromatic carbocycles. The minimum absolute atomic E-state index is 0.117. The minimum atomic E-state index is -1.36. The first kappa shape index (κ1) is 15.1. The molecule has 0 bridgehead atoms. The molecule has 0 aliphatic heterocycles. The number of rotatable bonds is 7. The summed E-state index contributed by atoms with van der Waals surface area (Å²) in [6.07, 6.45) is -1.36. The lowest BCUT2D eigenvalue weighted by atomic mass is 10.1. The van der Waals surface area contributed by atoms with Gasteiger partial charge in [0.2, 0.25) is 0 Å². The molecule has 1 aromatic rings. The molecule has 19 heavy (non-hydrogen) atoms. The van der Waals surface area contributed by atoms with E-state index in [4.69, 9.17) is 9.84 Å². The van der Waals surface area contributed by atoms with Gasteiger partial charge in [0.05, 0.1) is 6.61 Å². The van der Waals surface area contributed by atoms with Crippen LogP contribution in [0.15, 0.2) is 30.3 Å². The van der Waals surface area contributed by atoms with Crippen molar-refractivity contribution in [3.63, 3.8) is 0 Å². The van der Waals surface area contributed by atoms with Crippen LogP contribution in [0.4, 0.5) is 0 Å². The Hall–Kier alpha value is -1.92. The maximum absolute atomic E-state index is 12.0. The van der Waals surface area contributed by atoms with E-state index < -0.39 is 24.5 Å². The Kier molecular flexibility index (Phi) is 5.98. The number of carboxylic acid groups (broad SMARTS) is 1. The smallest absolute Gasteiger partial charge is 0.323 e. The standard InChI is InChI=1S/C13H17NO5/c1-19-8-7-14(9-11(15)16)13(18)12(17)10-5-3-2-4-6-10/h2-6,12,17H,7-9H2,1H3,(H,15,16). The topological polar surface area (TPSA) is 87.1 Å². The number of hydrogen-bond acceptors (Lipinski definition) is 4. The third-order valence-corrected chi connectivity index (χ3v) is 2.55. The van der Waals surface area contributed by atoms with Crippen LogP contribution in [0.25, 0.3) is 0 Å². The molecule has 6 heteroatoms. The Morgan fingerprint density at radius 1 is 1.32 bits per heavy atom. The van der Waals surface area contributed by atoms with E-state index in [-0.39, 0.29) is 13.2 Å². The van der Waals surface area contributed by atoms with Crippen LogP contribution in [0.5, 0.6) is 0 Å². The third kappa shape index (κ3) is 4.69. The molecule has 0 aliphatic carbocycles. The van der Waals surface area contributed by atoms with Crippen molar-refractivity contribution in [3.05, 3.63) is 35.9 Å². The van der Waals surface area contributed by atoms with E-state index in [1.165, 1.54) is 7.11 Å². The monoisotopic (exact) mass is 267 g/mol. The Morgan fingerprint density at radius 2 is 1.95 bits per heavy atom. The van der Waals surface area contributed by atoms with Crippen LogP contribution in [-0.2, 0) is 14.3 Å². The number of aliphatic carboxylic acids is 1. The summed E-state index contributed by atoms with van der Waals surface area (Å²) < 4.78 is 4.82. The van der Waals surface area contributed by atoms with E-state index in [1.54, 1.807) is 30.3 Å². The van der Waals surface area contributed by atoms with Crippen molar-refractivity contribution in [1.29, 1.82) is 0 Å². The molecule has 0 aromatic heterocycles. The second kappa shape index (κ2) is 7.50. The summed E-state index contributed by atoms with van der Waals surface area (Å²) in [5, 5.41) is 18.7. The van der Waals surface area contributed by atoms with Crippen LogP contribution < -0.4 is 0 Å². The van der Waals surface area contributed by atoms with Crippen molar-refractivity contribution >= 4 is 11.9 Å². The summed E-state index contributed by atoms with van der Waals surface area (Å²) in [7, 11) is 1.46. The normalized spacial score (nSPS) is 11.9. The number of benzene rings is 1. The molecule has 0 radical (unpaired) electrons. The number of ether oxygens (including phenoxy) is 1. The lowest BCUT2D eigenvalue weighted by Gasteiger charge is -2.23. The molecule has 0 heterocycles. The fraction of sp³-hybridized carbons (Fsp3) is 0.385. The molecule has 6 nitrogen and oxygen atoms in total. The number of aliphatic hydroxyl groups excluding tert-OH is 1. The largest absolute Gasteiger partial charge is 0.480 e. The van der Waals surface area contributed by atoms with Gasteiger partial charge in [-0.1, -0.05) is 30.3 Å².